The van der Waals surface area contributed by atoms with Crippen molar-refractivity contribution in [2.24, 2.45) is 11.7 Å². The molecule has 1 atom stereocenters. The smallest absolute Gasteiger partial charge is 0.282 e. The van der Waals surface area contributed by atoms with E-state index in [9.17, 15) is 8.42 Å². The maximum Gasteiger partial charge on any atom is 0.282 e. The summed E-state index contributed by atoms with van der Waals surface area (Å²) in [4.78, 5) is 0. The van der Waals surface area contributed by atoms with E-state index in [1.807, 2.05) is 13.8 Å². The van der Waals surface area contributed by atoms with Crippen molar-refractivity contribution in [1.29, 1.82) is 0 Å². The van der Waals surface area contributed by atoms with E-state index in [1.165, 1.54) is 0 Å². The van der Waals surface area contributed by atoms with Crippen LogP contribution in [0.4, 0.5) is 0 Å². The van der Waals surface area contributed by atoms with Crippen LogP contribution in [0.25, 0.3) is 0 Å². The Morgan fingerprint density at radius 1 is 1.44 bits per heavy atom. The number of nitrogens with two attached hydrogens (primary N) is 1. The maximum atomic E-state index is 12.6. The highest BCUT2D eigenvalue weighted by atomic mass is 32.2. The minimum absolute atomic E-state index is 0.0150. The van der Waals surface area contributed by atoms with Gasteiger partial charge >= 0.3 is 0 Å². The third kappa shape index (κ3) is 3.91. The monoisotopic (exact) mass is 277 g/mol. The summed E-state index contributed by atoms with van der Waals surface area (Å²) in [5.41, 5.74) is 5.49. The van der Waals surface area contributed by atoms with Gasteiger partial charge in [-0.15, -0.1) is 0 Å². The molecule has 108 valence electrons. The topological polar surface area (TPSA) is 66.6 Å². The van der Waals surface area contributed by atoms with Gasteiger partial charge in [0.2, 0.25) is 0 Å². The van der Waals surface area contributed by atoms with Gasteiger partial charge in [0.1, 0.15) is 0 Å². The first-order valence-electron chi connectivity index (χ1n) is 6.86. The lowest BCUT2D eigenvalue weighted by Crippen LogP contribution is -2.50. The average molecular weight is 277 g/mol. The summed E-state index contributed by atoms with van der Waals surface area (Å²) < 4.78 is 28.4. The molecule has 18 heavy (non-hydrogen) atoms. The SMILES string of the molecule is CC1CCCN(S(=O)(=O)N(CCCN)C(C)C)C1. The molecule has 0 aromatic carbocycles. The summed E-state index contributed by atoms with van der Waals surface area (Å²) in [6.45, 7) is 8.29. The average Bonchev–Trinajstić information content (AvgIpc) is 2.28. The fourth-order valence-corrected chi connectivity index (χ4v) is 4.38. The van der Waals surface area contributed by atoms with Crippen LogP contribution in [0, 0.1) is 5.92 Å². The quantitative estimate of drug-likeness (QED) is 0.788. The van der Waals surface area contributed by atoms with Crippen LogP contribution in [0.5, 0.6) is 0 Å². The second kappa shape index (κ2) is 6.84. The second-order valence-electron chi connectivity index (χ2n) is 5.46. The largest absolute Gasteiger partial charge is 0.330 e. The Morgan fingerprint density at radius 3 is 2.61 bits per heavy atom. The van der Waals surface area contributed by atoms with Gasteiger partial charge in [-0.2, -0.15) is 17.0 Å². The first-order chi connectivity index (χ1) is 8.39. The van der Waals surface area contributed by atoms with Crippen LogP contribution in [0.3, 0.4) is 0 Å². The molecule has 0 aromatic rings. The van der Waals surface area contributed by atoms with Crippen molar-refractivity contribution in [2.75, 3.05) is 26.2 Å². The van der Waals surface area contributed by atoms with Gasteiger partial charge in [0, 0.05) is 25.7 Å². The summed E-state index contributed by atoms with van der Waals surface area (Å²) in [6.07, 6.45) is 2.79. The van der Waals surface area contributed by atoms with Gasteiger partial charge in [0.15, 0.2) is 0 Å². The van der Waals surface area contributed by atoms with Crippen molar-refractivity contribution >= 4 is 10.2 Å². The van der Waals surface area contributed by atoms with Crippen LogP contribution in [0.15, 0.2) is 0 Å². The molecule has 0 spiro atoms. The second-order valence-corrected chi connectivity index (χ2v) is 7.34. The standard InChI is InChI=1S/C12H27N3O2S/c1-11(2)15(9-5-7-13)18(16,17)14-8-4-6-12(3)10-14/h11-12H,4-10,13H2,1-3H3. The normalized spacial score (nSPS) is 22.9. The molecular formula is C12H27N3O2S. The van der Waals surface area contributed by atoms with E-state index in [4.69, 9.17) is 5.73 Å². The zero-order valence-corrected chi connectivity index (χ0v) is 12.6. The van der Waals surface area contributed by atoms with Crippen LogP contribution in [0.2, 0.25) is 0 Å². The molecule has 1 aliphatic rings. The van der Waals surface area contributed by atoms with Gasteiger partial charge in [-0.3, -0.25) is 0 Å². The van der Waals surface area contributed by atoms with Gasteiger partial charge in [-0.25, -0.2) is 0 Å². The molecule has 5 nitrogen and oxygen atoms in total. The van der Waals surface area contributed by atoms with Crippen molar-refractivity contribution in [2.45, 2.75) is 46.1 Å². The summed E-state index contributed by atoms with van der Waals surface area (Å²) in [5, 5.41) is 0. The lowest BCUT2D eigenvalue weighted by atomic mass is 10.0. The minimum atomic E-state index is -3.32. The minimum Gasteiger partial charge on any atom is -0.330 e. The van der Waals surface area contributed by atoms with E-state index >= 15 is 0 Å². The predicted molar refractivity (Wildman–Crippen MR) is 74.4 cm³/mol. The highest BCUT2D eigenvalue weighted by Gasteiger charge is 2.33. The molecule has 0 bridgehead atoms. The molecule has 1 saturated heterocycles. The Morgan fingerprint density at radius 2 is 2.11 bits per heavy atom. The van der Waals surface area contributed by atoms with Crippen LogP contribution >= 0.6 is 0 Å². The molecule has 1 rings (SSSR count). The number of hydrogen-bond acceptors (Lipinski definition) is 3. The third-order valence-electron chi connectivity index (χ3n) is 3.40. The lowest BCUT2D eigenvalue weighted by molar-refractivity contribution is 0.246. The summed E-state index contributed by atoms with van der Waals surface area (Å²) in [5.74, 6) is 0.456. The van der Waals surface area contributed by atoms with E-state index in [1.54, 1.807) is 8.61 Å². The molecule has 1 heterocycles. The first-order valence-corrected chi connectivity index (χ1v) is 8.26. The molecule has 0 amide bonds. The van der Waals surface area contributed by atoms with Crippen molar-refractivity contribution in [1.82, 2.24) is 8.61 Å². The fraction of sp³-hybridized carbons (Fsp3) is 1.00. The van der Waals surface area contributed by atoms with E-state index in [0.29, 0.717) is 38.5 Å². The summed E-state index contributed by atoms with van der Waals surface area (Å²) in [7, 11) is -3.32. The fourth-order valence-electron chi connectivity index (χ4n) is 2.39. The maximum absolute atomic E-state index is 12.6. The van der Waals surface area contributed by atoms with E-state index in [2.05, 4.69) is 6.92 Å². The van der Waals surface area contributed by atoms with Gasteiger partial charge in [0.25, 0.3) is 10.2 Å². The summed E-state index contributed by atoms with van der Waals surface area (Å²) >= 11 is 0. The highest BCUT2D eigenvalue weighted by Crippen LogP contribution is 2.21. The predicted octanol–water partition coefficient (Wildman–Crippen LogP) is 1.02. The molecule has 0 aliphatic carbocycles. The molecule has 1 aliphatic heterocycles. The van der Waals surface area contributed by atoms with Gasteiger partial charge in [-0.05, 0) is 45.6 Å². The Bertz CT molecular complexity index is 343. The van der Waals surface area contributed by atoms with Crippen molar-refractivity contribution < 1.29 is 8.42 Å². The van der Waals surface area contributed by atoms with Gasteiger partial charge in [-0.1, -0.05) is 6.92 Å². The van der Waals surface area contributed by atoms with E-state index < -0.39 is 10.2 Å². The Hall–Kier alpha value is -0.170. The Balaban J connectivity index is 2.80. The number of nitrogens with zero attached hydrogens (tertiary/aromatic N) is 2. The molecular weight excluding hydrogens is 250 g/mol. The van der Waals surface area contributed by atoms with Crippen molar-refractivity contribution in [3.63, 3.8) is 0 Å². The molecule has 0 radical (unpaired) electrons. The number of piperidine rings is 1. The molecule has 0 saturated carbocycles. The number of hydrogen-bond donors (Lipinski definition) is 1. The molecule has 1 unspecified atom stereocenters. The zero-order valence-electron chi connectivity index (χ0n) is 11.8. The van der Waals surface area contributed by atoms with Crippen molar-refractivity contribution in [3.8, 4) is 0 Å². The molecule has 2 N–H and O–H groups in total. The van der Waals surface area contributed by atoms with Crippen LogP contribution < -0.4 is 5.73 Å². The molecule has 6 heteroatoms. The van der Waals surface area contributed by atoms with E-state index in [0.717, 1.165) is 12.8 Å². The van der Waals surface area contributed by atoms with Gasteiger partial charge < -0.3 is 5.73 Å². The first kappa shape index (κ1) is 15.9. The third-order valence-corrected chi connectivity index (χ3v) is 5.58. The highest BCUT2D eigenvalue weighted by molar-refractivity contribution is 7.86. The van der Waals surface area contributed by atoms with Crippen LogP contribution in [0.1, 0.15) is 40.0 Å². The van der Waals surface area contributed by atoms with Gasteiger partial charge in [0.05, 0.1) is 0 Å². The summed E-state index contributed by atoms with van der Waals surface area (Å²) in [6, 6.07) is -0.0150. The zero-order chi connectivity index (χ0) is 13.8. The Kier molecular flexibility index (Phi) is 6.04. The van der Waals surface area contributed by atoms with Crippen LogP contribution in [-0.4, -0.2) is 49.2 Å². The van der Waals surface area contributed by atoms with Crippen molar-refractivity contribution in [3.05, 3.63) is 0 Å². The Labute approximate surface area is 112 Å². The lowest BCUT2D eigenvalue weighted by Gasteiger charge is -2.36. The number of rotatable bonds is 6. The van der Waals surface area contributed by atoms with Crippen LogP contribution in [-0.2, 0) is 10.2 Å². The van der Waals surface area contributed by atoms with E-state index in [-0.39, 0.29) is 6.04 Å². The molecule has 1 fully saturated rings. The molecule has 0 aromatic heterocycles.